The van der Waals surface area contributed by atoms with Crippen LogP contribution in [0.2, 0.25) is 10.0 Å². The standard InChI is InChI=1S/C24H26Cl2N4/c25-20-9-5-18(6-10-20)23-24(19-7-11-21(26)12-8-19)29-22(17-28-23)27-13-1-2-14-30-15-3-4-16-30/h5-12,17H,1-4,13-16H2,(H,27,29). The number of anilines is 1. The van der Waals surface area contributed by atoms with E-state index in [4.69, 9.17) is 33.2 Å². The zero-order valence-corrected chi connectivity index (χ0v) is 18.5. The van der Waals surface area contributed by atoms with Crippen molar-refractivity contribution in [2.24, 2.45) is 0 Å². The summed E-state index contributed by atoms with van der Waals surface area (Å²) in [6.07, 6.45) is 6.83. The van der Waals surface area contributed by atoms with Gasteiger partial charge in [-0.2, -0.15) is 0 Å². The van der Waals surface area contributed by atoms with Gasteiger partial charge in [-0.1, -0.05) is 47.5 Å². The molecular weight excluding hydrogens is 415 g/mol. The summed E-state index contributed by atoms with van der Waals surface area (Å²) in [5, 5.41) is 4.84. The van der Waals surface area contributed by atoms with Gasteiger partial charge in [0, 0.05) is 27.7 Å². The third-order valence-electron chi connectivity index (χ3n) is 5.41. The second kappa shape index (κ2) is 10.3. The largest absolute Gasteiger partial charge is 0.369 e. The Labute approximate surface area is 188 Å². The SMILES string of the molecule is Clc1ccc(-c2ncc(NCCCCN3CCCC3)nc2-c2ccc(Cl)cc2)cc1. The summed E-state index contributed by atoms with van der Waals surface area (Å²) in [5.41, 5.74) is 3.62. The number of hydrogen-bond donors (Lipinski definition) is 1. The molecule has 1 aromatic heterocycles. The van der Waals surface area contributed by atoms with Crippen molar-refractivity contribution in [1.29, 1.82) is 0 Å². The lowest BCUT2D eigenvalue weighted by molar-refractivity contribution is 0.331. The van der Waals surface area contributed by atoms with Gasteiger partial charge in [-0.25, -0.2) is 4.98 Å². The number of aromatic nitrogens is 2. The molecule has 6 heteroatoms. The molecule has 156 valence electrons. The molecule has 4 rings (SSSR count). The van der Waals surface area contributed by atoms with Gasteiger partial charge in [0.2, 0.25) is 0 Å². The molecule has 3 aromatic rings. The first-order valence-corrected chi connectivity index (χ1v) is 11.3. The summed E-state index contributed by atoms with van der Waals surface area (Å²) >= 11 is 12.1. The van der Waals surface area contributed by atoms with E-state index in [9.17, 15) is 0 Å². The van der Waals surface area contributed by atoms with E-state index in [2.05, 4.69) is 10.2 Å². The fraction of sp³-hybridized carbons (Fsp3) is 0.333. The molecule has 0 saturated carbocycles. The predicted octanol–water partition coefficient (Wildman–Crippen LogP) is 6.41. The van der Waals surface area contributed by atoms with Crippen LogP contribution in [-0.4, -0.2) is 41.0 Å². The molecule has 30 heavy (non-hydrogen) atoms. The number of rotatable bonds is 8. The maximum atomic E-state index is 6.08. The van der Waals surface area contributed by atoms with Crippen molar-refractivity contribution < 1.29 is 0 Å². The van der Waals surface area contributed by atoms with Gasteiger partial charge in [0.25, 0.3) is 0 Å². The second-order valence-electron chi connectivity index (χ2n) is 7.65. The lowest BCUT2D eigenvalue weighted by atomic mass is 10.0. The van der Waals surface area contributed by atoms with Crippen molar-refractivity contribution in [3.8, 4) is 22.5 Å². The molecular formula is C24H26Cl2N4. The zero-order valence-electron chi connectivity index (χ0n) is 17.0. The molecule has 1 N–H and O–H groups in total. The first-order chi connectivity index (χ1) is 14.7. The fourth-order valence-corrected chi connectivity index (χ4v) is 4.04. The van der Waals surface area contributed by atoms with E-state index in [0.29, 0.717) is 10.0 Å². The smallest absolute Gasteiger partial charge is 0.145 e. The van der Waals surface area contributed by atoms with E-state index in [1.807, 2.05) is 54.7 Å². The van der Waals surface area contributed by atoms with Crippen molar-refractivity contribution in [3.63, 3.8) is 0 Å². The van der Waals surface area contributed by atoms with E-state index >= 15 is 0 Å². The highest BCUT2D eigenvalue weighted by Crippen LogP contribution is 2.31. The number of benzene rings is 2. The highest BCUT2D eigenvalue weighted by molar-refractivity contribution is 6.31. The van der Waals surface area contributed by atoms with Crippen LogP contribution >= 0.6 is 23.2 Å². The molecule has 1 fully saturated rings. The zero-order chi connectivity index (χ0) is 20.8. The number of halogens is 2. The van der Waals surface area contributed by atoms with E-state index in [1.54, 1.807) is 0 Å². The van der Waals surface area contributed by atoms with Crippen LogP contribution in [0.5, 0.6) is 0 Å². The number of likely N-dealkylation sites (tertiary alicyclic amines) is 1. The maximum absolute atomic E-state index is 6.08. The van der Waals surface area contributed by atoms with Crippen molar-refractivity contribution in [3.05, 3.63) is 64.8 Å². The lowest BCUT2D eigenvalue weighted by Gasteiger charge is -2.15. The Morgan fingerprint density at radius 2 is 1.40 bits per heavy atom. The Morgan fingerprint density at radius 1 is 0.800 bits per heavy atom. The summed E-state index contributed by atoms with van der Waals surface area (Å²) in [5.74, 6) is 0.791. The fourth-order valence-electron chi connectivity index (χ4n) is 3.79. The predicted molar refractivity (Wildman–Crippen MR) is 126 cm³/mol. The topological polar surface area (TPSA) is 41.1 Å². The monoisotopic (exact) mass is 440 g/mol. The van der Waals surface area contributed by atoms with Gasteiger partial charge in [-0.3, -0.25) is 4.98 Å². The summed E-state index contributed by atoms with van der Waals surface area (Å²) < 4.78 is 0. The number of unbranched alkanes of at least 4 members (excludes halogenated alkanes) is 1. The molecule has 0 unspecified atom stereocenters. The Morgan fingerprint density at radius 3 is 2.03 bits per heavy atom. The van der Waals surface area contributed by atoms with Gasteiger partial charge < -0.3 is 10.2 Å². The number of nitrogens with one attached hydrogen (secondary N) is 1. The maximum Gasteiger partial charge on any atom is 0.145 e. The molecule has 1 aliphatic rings. The highest BCUT2D eigenvalue weighted by Gasteiger charge is 2.13. The molecule has 0 radical (unpaired) electrons. The first kappa shape index (κ1) is 21.1. The second-order valence-corrected chi connectivity index (χ2v) is 8.52. The molecule has 1 saturated heterocycles. The van der Waals surface area contributed by atoms with Gasteiger partial charge in [-0.15, -0.1) is 0 Å². The normalized spacial score (nSPS) is 14.2. The summed E-state index contributed by atoms with van der Waals surface area (Å²) in [6.45, 7) is 4.60. The Hall–Kier alpha value is -2.14. The third-order valence-corrected chi connectivity index (χ3v) is 5.92. The molecule has 0 spiro atoms. The Bertz CT molecular complexity index is 952. The van der Waals surface area contributed by atoms with Crippen LogP contribution in [0.3, 0.4) is 0 Å². The Balaban J connectivity index is 1.49. The van der Waals surface area contributed by atoms with Gasteiger partial charge in [-0.05, 0) is 69.6 Å². The molecule has 2 aromatic carbocycles. The average molecular weight is 441 g/mol. The Kier molecular flexibility index (Phi) is 7.21. The van der Waals surface area contributed by atoms with Crippen LogP contribution in [-0.2, 0) is 0 Å². The molecule has 0 amide bonds. The molecule has 4 nitrogen and oxygen atoms in total. The number of nitrogens with zero attached hydrogens (tertiary/aromatic N) is 3. The van der Waals surface area contributed by atoms with Gasteiger partial charge in [0.05, 0.1) is 17.6 Å². The minimum atomic E-state index is 0.701. The number of hydrogen-bond acceptors (Lipinski definition) is 4. The molecule has 0 atom stereocenters. The van der Waals surface area contributed by atoms with E-state index in [1.165, 1.54) is 38.9 Å². The summed E-state index contributed by atoms with van der Waals surface area (Å²) in [7, 11) is 0. The van der Waals surface area contributed by atoms with Crippen LogP contribution in [0.15, 0.2) is 54.7 Å². The minimum absolute atomic E-state index is 0.701. The first-order valence-electron chi connectivity index (χ1n) is 10.5. The minimum Gasteiger partial charge on any atom is -0.369 e. The molecule has 0 aliphatic carbocycles. The van der Waals surface area contributed by atoms with Gasteiger partial charge >= 0.3 is 0 Å². The van der Waals surface area contributed by atoms with E-state index in [0.717, 1.165) is 41.3 Å². The van der Waals surface area contributed by atoms with Crippen molar-refractivity contribution in [2.75, 3.05) is 31.5 Å². The molecule has 2 heterocycles. The molecule has 0 bridgehead atoms. The molecule has 1 aliphatic heterocycles. The summed E-state index contributed by atoms with van der Waals surface area (Å²) in [4.78, 5) is 12.2. The van der Waals surface area contributed by atoms with Crippen LogP contribution < -0.4 is 5.32 Å². The average Bonchev–Trinajstić information content (AvgIpc) is 3.28. The van der Waals surface area contributed by atoms with Crippen LogP contribution in [0.4, 0.5) is 5.82 Å². The lowest BCUT2D eigenvalue weighted by Crippen LogP contribution is -2.20. The van der Waals surface area contributed by atoms with Gasteiger partial charge in [0.1, 0.15) is 5.82 Å². The third kappa shape index (κ3) is 5.51. The van der Waals surface area contributed by atoms with Crippen LogP contribution in [0, 0.1) is 0 Å². The van der Waals surface area contributed by atoms with E-state index in [-0.39, 0.29) is 0 Å². The van der Waals surface area contributed by atoms with Crippen molar-refractivity contribution >= 4 is 29.0 Å². The van der Waals surface area contributed by atoms with Crippen LogP contribution in [0.1, 0.15) is 25.7 Å². The van der Waals surface area contributed by atoms with E-state index < -0.39 is 0 Å². The van der Waals surface area contributed by atoms with Crippen LogP contribution in [0.25, 0.3) is 22.5 Å². The quantitative estimate of drug-likeness (QED) is 0.411. The van der Waals surface area contributed by atoms with Crippen molar-refractivity contribution in [1.82, 2.24) is 14.9 Å². The highest BCUT2D eigenvalue weighted by atomic mass is 35.5. The van der Waals surface area contributed by atoms with Gasteiger partial charge in [0.15, 0.2) is 0 Å². The van der Waals surface area contributed by atoms with Crippen molar-refractivity contribution in [2.45, 2.75) is 25.7 Å². The summed E-state index contributed by atoms with van der Waals surface area (Å²) in [6, 6.07) is 15.4.